The number of hydrogen-bond donors (Lipinski definition) is 0. The molecule has 0 saturated carbocycles. The van der Waals surface area contributed by atoms with E-state index in [1.807, 2.05) is 35.2 Å². The Kier molecular flexibility index (Phi) is 5.16. The lowest BCUT2D eigenvalue weighted by Gasteiger charge is -2.39. The molecule has 1 aliphatic heterocycles. The second-order valence-electron chi connectivity index (χ2n) is 6.28. The molecule has 0 spiro atoms. The summed E-state index contributed by atoms with van der Waals surface area (Å²) in [5.74, 6) is 0.970. The number of ether oxygens (including phenoxy) is 1. The monoisotopic (exact) mass is 324 g/mol. The van der Waals surface area contributed by atoms with Crippen LogP contribution >= 0.6 is 0 Å². The number of hydrogen-bond acceptors (Lipinski definition) is 3. The fraction of sp³-hybridized carbons (Fsp3) is 0.350. The van der Waals surface area contributed by atoms with Crippen molar-refractivity contribution in [1.82, 2.24) is 9.80 Å². The number of benzene rings is 2. The summed E-state index contributed by atoms with van der Waals surface area (Å²) >= 11 is 0. The van der Waals surface area contributed by atoms with Crippen molar-refractivity contribution in [1.29, 1.82) is 0 Å². The van der Waals surface area contributed by atoms with Gasteiger partial charge in [-0.05, 0) is 30.3 Å². The second-order valence-corrected chi connectivity index (χ2v) is 6.28. The minimum atomic E-state index is 0.178. The van der Waals surface area contributed by atoms with Crippen molar-refractivity contribution in [2.24, 2.45) is 0 Å². The fourth-order valence-corrected chi connectivity index (χ4v) is 3.20. The van der Waals surface area contributed by atoms with Gasteiger partial charge in [-0.25, -0.2) is 0 Å². The first-order chi connectivity index (χ1) is 11.7. The first-order valence-corrected chi connectivity index (χ1v) is 8.33. The Morgan fingerprint density at radius 1 is 1.12 bits per heavy atom. The normalized spacial score (nSPS) is 18.4. The summed E-state index contributed by atoms with van der Waals surface area (Å²) in [7, 11) is 3.77. The van der Waals surface area contributed by atoms with E-state index in [4.69, 9.17) is 4.74 Å². The molecular weight excluding hydrogens is 300 g/mol. The van der Waals surface area contributed by atoms with Gasteiger partial charge < -0.3 is 9.64 Å². The molecule has 1 unspecified atom stereocenters. The van der Waals surface area contributed by atoms with Crippen LogP contribution in [0.15, 0.2) is 54.6 Å². The lowest BCUT2D eigenvalue weighted by molar-refractivity contribution is -0.133. The zero-order valence-electron chi connectivity index (χ0n) is 14.3. The Morgan fingerprint density at radius 3 is 2.67 bits per heavy atom. The summed E-state index contributed by atoms with van der Waals surface area (Å²) in [5, 5.41) is 0. The summed E-state index contributed by atoms with van der Waals surface area (Å²) in [4.78, 5) is 17.0. The second kappa shape index (κ2) is 7.49. The van der Waals surface area contributed by atoms with Crippen LogP contribution in [0.1, 0.15) is 17.2 Å². The van der Waals surface area contributed by atoms with E-state index in [0.717, 1.165) is 30.9 Å². The van der Waals surface area contributed by atoms with Gasteiger partial charge in [-0.3, -0.25) is 9.69 Å². The van der Waals surface area contributed by atoms with E-state index >= 15 is 0 Å². The molecule has 1 atom stereocenters. The quantitative estimate of drug-likeness (QED) is 0.867. The van der Waals surface area contributed by atoms with Crippen LogP contribution in [0.2, 0.25) is 0 Å². The largest absolute Gasteiger partial charge is 0.497 e. The third-order valence-electron chi connectivity index (χ3n) is 4.67. The molecule has 0 aromatic heterocycles. The summed E-state index contributed by atoms with van der Waals surface area (Å²) < 4.78 is 5.24. The van der Waals surface area contributed by atoms with Crippen LogP contribution < -0.4 is 4.74 Å². The molecule has 126 valence electrons. The molecule has 4 heteroatoms. The summed E-state index contributed by atoms with van der Waals surface area (Å²) in [6.07, 6.45) is 0.419. The Bertz CT molecular complexity index is 687. The average Bonchev–Trinajstić information content (AvgIpc) is 2.63. The highest BCUT2D eigenvalue weighted by atomic mass is 16.5. The van der Waals surface area contributed by atoms with Gasteiger partial charge >= 0.3 is 0 Å². The number of methoxy groups -OCH3 is 1. The standard InChI is InChI=1S/C20H24N2O2/c1-21-11-12-22(15-19(21)17-8-4-3-5-9-17)20(23)14-16-7-6-10-18(13-16)24-2/h3-10,13,19H,11-12,14-15H2,1-2H3. The van der Waals surface area contributed by atoms with Gasteiger partial charge in [-0.1, -0.05) is 42.5 Å². The molecule has 2 aromatic carbocycles. The summed E-state index contributed by atoms with van der Waals surface area (Å²) in [6.45, 7) is 2.41. The van der Waals surface area contributed by atoms with Crippen LogP contribution in [0.5, 0.6) is 5.75 Å². The van der Waals surface area contributed by atoms with E-state index in [9.17, 15) is 4.79 Å². The van der Waals surface area contributed by atoms with Crippen molar-refractivity contribution in [3.63, 3.8) is 0 Å². The van der Waals surface area contributed by atoms with Crippen molar-refractivity contribution in [2.75, 3.05) is 33.8 Å². The van der Waals surface area contributed by atoms with Crippen molar-refractivity contribution in [3.05, 3.63) is 65.7 Å². The third kappa shape index (κ3) is 3.77. The number of carbonyl (C=O) groups excluding carboxylic acids is 1. The van der Waals surface area contributed by atoms with Gasteiger partial charge in [0, 0.05) is 19.6 Å². The van der Waals surface area contributed by atoms with Crippen LogP contribution in [-0.2, 0) is 11.2 Å². The molecule has 1 aliphatic rings. The zero-order valence-corrected chi connectivity index (χ0v) is 14.3. The molecule has 1 fully saturated rings. The number of rotatable bonds is 4. The molecule has 24 heavy (non-hydrogen) atoms. The SMILES string of the molecule is COc1cccc(CC(=O)N2CCN(C)C(c3ccccc3)C2)c1. The zero-order chi connectivity index (χ0) is 16.9. The lowest BCUT2D eigenvalue weighted by atomic mass is 10.0. The maximum Gasteiger partial charge on any atom is 0.227 e. The van der Waals surface area contributed by atoms with E-state index < -0.39 is 0 Å². The first-order valence-electron chi connectivity index (χ1n) is 8.33. The fourth-order valence-electron chi connectivity index (χ4n) is 3.20. The molecule has 3 rings (SSSR count). The highest BCUT2D eigenvalue weighted by Crippen LogP contribution is 2.24. The van der Waals surface area contributed by atoms with Gasteiger partial charge in [0.15, 0.2) is 0 Å². The van der Waals surface area contributed by atoms with E-state index in [-0.39, 0.29) is 11.9 Å². The molecule has 1 saturated heterocycles. The van der Waals surface area contributed by atoms with Crippen molar-refractivity contribution in [2.45, 2.75) is 12.5 Å². The van der Waals surface area contributed by atoms with Crippen molar-refractivity contribution < 1.29 is 9.53 Å². The van der Waals surface area contributed by atoms with Gasteiger partial charge in [0.1, 0.15) is 5.75 Å². The van der Waals surface area contributed by atoms with Crippen molar-refractivity contribution in [3.8, 4) is 5.75 Å². The lowest BCUT2D eigenvalue weighted by Crippen LogP contribution is -2.49. The molecule has 2 aromatic rings. The number of carbonyl (C=O) groups is 1. The Hall–Kier alpha value is -2.33. The molecule has 0 bridgehead atoms. The minimum absolute atomic E-state index is 0.178. The van der Waals surface area contributed by atoms with Crippen LogP contribution in [0.4, 0.5) is 0 Å². The topological polar surface area (TPSA) is 32.8 Å². The maximum absolute atomic E-state index is 12.7. The van der Waals surface area contributed by atoms with Crippen molar-refractivity contribution >= 4 is 5.91 Å². The predicted molar refractivity (Wildman–Crippen MR) is 95.1 cm³/mol. The smallest absolute Gasteiger partial charge is 0.227 e. The van der Waals surface area contributed by atoms with Gasteiger partial charge in [0.25, 0.3) is 0 Å². The highest BCUT2D eigenvalue weighted by molar-refractivity contribution is 5.79. The molecule has 1 heterocycles. The molecule has 1 amide bonds. The van der Waals surface area contributed by atoms with Gasteiger partial charge in [0.05, 0.1) is 19.6 Å². The third-order valence-corrected chi connectivity index (χ3v) is 4.67. The Balaban J connectivity index is 1.69. The van der Waals surface area contributed by atoms with Crippen LogP contribution in [0.25, 0.3) is 0 Å². The van der Waals surface area contributed by atoms with Gasteiger partial charge in [-0.15, -0.1) is 0 Å². The number of nitrogens with zero attached hydrogens (tertiary/aromatic N) is 2. The summed E-state index contributed by atoms with van der Waals surface area (Å²) in [6, 6.07) is 18.4. The Labute approximate surface area is 143 Å². The first kappa shape index (κ1) is 16.5. The number of likely N-dealkylation sites (N-methyl/N-ethyl adjacent to an activating group) is 1. The van der Waals surface area contributed by atoms with E-state index in [1.165, 1.54) is 5.56 Å². The molecule has 0 radical (unpaired) electrons. The molecule has 0 N–H and O–H groups in total. The molecule has 4 nitrogen and oxygen atoms in total. The van der Waals surface area contributed by atoms with Crippen LogP contribution in [0.3, 0.4) is 0 Å². The van der Waals surface area contributed by atoms with Crippen LogP contribution in [0, 0.1) is 0 Å². The predicted octanol–water partition coefficient (Wildman–Crippen LogP) is 2.75. The van der Waals surface area contributed by atoms with Gasteiger partial charge in [0.2, 0.25) is 5.91 Å². The van der Waals surface area contributed by atoms with Gasteiger partial charge in [-0.2, -0.15) is 0 Å². The Morgan fingerprint density at radius 2 is 1.92 bits per heavy atom. The highest BCUT2D eigenvalue weighted by Gasteiger charge is 2.28. The number of piperazine rings is 1. The van der Waals surface area contributed by atoms with E-state index in [2.05, 4.69) is 36.2 Å². The van der Waals surface area contributed by atoms with Crippen LogP contribution in [-0.4, -0.2) is 49.5 Å². The maximum atomic E-state index is 12.7. The molecular formula is C20H24N2O2. The van der Waals surface area contributed by atoms with E-state index in [1.54, 1.807) is 7.11 Å². The summed E-state index contributed by atoms with van der Waals surface area (Å²) in [5.41, 5.74) is 2.26. The average molecular weight is 324 g/mol. The number of amides is 1. The molecule has 0 aliphatic carbocycles. The van der Waals surface area contributed by atoms with E-state index in [0.29, 0.717) is 6.42 Å². The minimum Gasteiger partial charge on any atom is -0.497 e.